The Morgan fingerprint density at radius 3 is 2.09 bits per heavy atom. The summed E-state index contributed by atoms with van der Waals surface area (Å²) in [5, 5.41) is 10.5. The lowest BCUT2D eigenvalue weighted by molar-refractivity contribution is -0.116. The van der Waals surface area contributed by atoms with Crippen molar-refractivity contribution < 1.29 is 9.18 Å². The Kier molecular flexibility index (Phi) is 6.35. The van der Waals surface area contributed by atoms with Gasteiger partial charge in [0.1, 0.15) is 12.4 Å². The summed E-state index contributed by atoms with van der Waals surface area (Å²) in [6, 6.07) is 33.5. The van der Waals surface area contributed by atoms with Crippen molar-refractivity contribution in [1.82, 2.24) is 4.57 Å². The summed E-state index contributed by atoms with van der Waals surface area (Å²) < 4.78 is 15.1. The van der Waals surface area contributed by atoms with E-state index in [0.29, 0.717) is 5.69 Å². The molecule has 1 heterocycles. The highest BCUT2D eigenvalue weighted by molar-refractivity contribution is 6.01. The Labute approximate surface area is 202 Å². The van der Waals surface area contributed by atoms with Crippen molar-refractivity contribution in [3.63, 3.8) is 0 Å². The molecule has 0 aliphatic rings. The van der Waals surface area contributed by atoms with E-state index in [0.717, 1.165) is 27.8 Å². The maximum atomic E-state index is 13.2. The number of hydrazone groups is 1. The van der Waals surface area contributed by atoms with E-state index in [1.54, 1.807) is 12.1 Å². The van der Waals surface area contributed by atoms with Gasteiger partial charge in [-0.2, -0.15) is 5.10 Å². The molecule has 0 spiro atoms. The Balaban J connectivity index is 1.44. The molecule has 4 aromatic carbocycles. The number of amides is 1. The lowest BCUT2D eigenvalue weighted by Gasteiger charge is -2.19. The van der Waals surface area contributed by atoms with E-state index in [4.69, 9.17) is 5.10 Å². The smallest absolute Gasteiger partial charge is 0.244 e. The molecule has 5 rings (SSSR count). The number of hydrogen-bond acceptors (Lipinski definition) is 3. The minimum Gasteiger partial charge on any atom is -0.337 e. The second-order valence-electron chi connectivity index (χ2n) is 8.01. The number of aromatic nitrogens is 1. The van der Waals surface area contributed by atoms with Crippen LogP contribution in [0.25, 0.3) is 10.9 Å². The first-order chi connectivity index (χ1) is 17.2. The SMILES string of the molecule is O=C(Cn1cc(/C=N/N(c2ccccc2)c2ccccc2)c2ccccc21)Nc1ccc(F)cc1. The summed E-state index contributed by atoms with van der Waals surface area (Å²) in [5.74, 6) is -0.542. The van der Waals surface area contributed by atoms with Crippen LogP contribution in [0.15, 0.2) is 120 Å². The highest BCUT2D eigenvalue weighted by Crippen LogP contribution is 2.26. The fourth-order valence-corrected chi connectivity index (χ4v) is 3.94. The summed E-state index contributed by atoms with van der Waals surface area (Å²) in [6.07, 6.45) is 3.74. The van der Waals surface area contributed by atoms with Gasteiger partial charge < -0.3 is 9.88 Å². The number of fused-ring (bicyclic) bond motifs is 1. The largest absolute Gasteiger partial charge is 0.337 e. The first-order valence-electron chi connectivity index (χ1n) is 11.2. The van der Waals surface area contributed by atoms with E-state index in [-0.39, 0.29) is 18.3 Å². The van der Waals surface area contributed by atoms with Crippen LogP contribution in [0.2, 0.25) is 0 Å². The summed E-state index contributed by atoms with van der Waals surface area (Å²) in [6.45, 7) is 0.118. The highest BCUT2D eigenvalue weighted by Gasteiger charge is 2.12. The van der Waals surface area contributed by atoms with Crippen molar-refractivity contribution >= 4 is 40.1 Å². The monoisotopic (exact) mass is 462 g/mol. The molecule has 0 radical (unpaired) electrons. The molecular weight excluding hydrogens is 439 g/mol. The second kappa shape index (κ2) is 10.1. The Morgan fingerprint density at radius 1 is 0.829 bits per heavy atom. The van der Waals surface area contributed by atoms with Crippen molar-refractivity contribution in [2.45, 2.75) is 6.54 Å². The van der Waals surface area contributed by atoms with Gasteiger partial charge in [0, 0.05) is 28.4 Å². The quantitative estimate of drug-likeness (QED) is 0.219. The van der Waals surface area contributed by atoms with Gasteiger partial charge in [-0.1, -0.05) is 54.6 Å². The molecule has 35 heavy (non-hydrogen) atoms. The van der Waals surface area contributed by atoms with Crippen molar-refractivity contribution in [2.75, 3.05) is 10.3 Å². The number of rotatable bonds is 7. The number of nitrogens with zero attached hydrogens (tertiary/aromatic N) is 3. The summed E-state index contributed by atoms with van der Waals surface area (Å²) >= 11 is 0. The maximum Gasteiger partial charge on any atom is 0.244 e. The molecule has 1 amide bonds. The third kappa shape index (κ3) is 5.12. The number of carbonyl (C=O) groups is 1. The molecule has 0 aliphatic carbocycles. The predicted octanol–water partition coefficient (Wildman–Crippen LogP) is 6.59. The van der Waals surface area contributed by atoms with Gasteiger partial charge in [-0.3, -0.25) is 4.79 Å². The number of hydrogen-bond donors (Lipinski definition) is 1. The number of halogens is 1. The molecule has 5 aromatic rings. The van der Waals surface area contributed by atoms with Gasteiger partial charge >= 0.3 is 0 Å². The number of anilines is 3. The van der Waals surface area contributed by atoms with Gasteiger partial charge in [-0.05, 0) is 54.6 Å². The third-order valence-electron chi connectivity index (χ3n) is 5.58. The topological polar surface area (TPSA) is 49.6 Å². The second-order valence-corrected chi connectivity index (χ2v) is 8.01. The van der Waals surface area contributed by atoms with Crippen LogP contribution in [0, 0.1) is 5.82 Å². The summed E-state index contributed by atoms with van der Waals surface area (Å²) in [7, 11) is 0. The van der Waals surface area contributed by atoms with Crippen molar-refractivity contribution in [1.29, 1.82) is 0 Å². The van der Waals surface area contributed by atoms with Crippen molar-refractivity contribution in [2.24, 2.45) is 5.10 Å². The standard InChI is InChI=1S/C29H23FN4O/c30-23-15-17-24(18-16-23)32-29(35)21-33-20-22(27-13-7-8-14-28(27)33)19-31-34(25-9-3-1-4-10-25)26-11-5-2-6-12-26/h1-20H,21H2,(H,32,35)/b31-19+. The van der Waals surface area contributed by atoms with E-state index in [9.17, 15) is 9.18 Å². The van der Waals surface area contributed by atoms with Gasteiger partial charge in [0.25, 0.3) is 0 Å². The van der Waals surface area contributed by atoms with Crippen molar-refractivity contribution in [3.8, 4) is 0 Å². The van der Waals surface area contributed by atoms with Gasteiger partial charge in [0.15, 0.2) is 0 Å². The summed E-state index contributed by atoms with van der Waals surface area (Å²) in [5.41, 5.74) is 4.26. The Hall–Kier alpha value is -4.71. The van der Waals surface area contributed by atoms with Gasteiger partial charge in [-0.25, -0.2) is 9.40 Å². The fraction of sp³-hybridized carbons (Fsp3) is 0.0345. The first-order valence-corrected chi connectivity index (χ1v) is 11.2. The number of nitrogens with one attached hydrogen (secondary N) is 1. The molecule has 1 N–H and O–H groups in total. The van der Waals surface area contributed by atoms with Crippen LogP contribution in [0.5, 0.6) is 0 Å². The Bertz CT molecular complexity index is 1420. The maximum absolute atomic E-state index is 13.2. The first kappa shape index (κ1) is 22.1. The average molecular weight is 463 g/mol. The molecule has 0 aliphatic heterocycles. The van der Waals surface area contributed by atoms with Gasteiger partial charge in [-0.15, -0.1) is 0 Å². The van der Waals surface area contributed by atoms with Crippen LogP contribution in [-0.4, -0.2) is 16.7 Å². The Morgan fingerprint density at radius 2 is 1.43 bits per heavy atom. The van der Waals surface area contributed by atoms with Crippen LogP contribution < -0.4 is 10.3 Å². The molecular formula is C29H23FN4O. The molecule has 0 bridgehead atoms. The van der Waals surface area contributed by atoms with Crippen LogP contribution >= 0.6 is 0 Å². The zero-order valence-corrected chi connectivity index (χ0v) is 18.9. The van der Waals surface area contributed by atoms with E-state index >= 15 is 0 Å². The zero-order valence-electron chi connectivity index (χ0n) is 18.9. The number of para-hydroxylation sites is 3. The lowest BCUT2D eigenvalue weighted by Crippen LogP contribution is -2.18. The van der Waals surface area contributed by atoms with E-state index < -0.39 is 0 Å². The van der Waals surface area contributed by atoms with E-state index in [1.807, 2.05) is 107 Å². The molecule has 0 atom stereocenters. The summed E-state index contributed by atoms with van der Waals surface area (Å²) in [4.78, 5) is 12.7. The zero-order chi connectivity index (χ0) is 24.0. The lowest BCUT2D eigenvalue weighted by atomic mass is 10.2. The van der Waals surface area contributed by atoms with Crippen LogP contribution in [0.3, 0.4) is 0 Å². The third-order valence-corrected chi connectivity index (χ3v) is 5.58. The van der Waals surface area contributed by atoms with E-state index in [2.05, 4.69) is 5.32 Å². The van der Waals surface area contributed by atoms with Crippen molar-refractivity contribution in [3.05, 3.63) is 127 Å². The molecule has 0 saturated carbocycles. The fourth-order valence-electron chi connectivity index (χ4n) is 3.94. The average Bonchev–Trinajstić information content (AvgIpc) is 3.24. The molecule has 1 aromatic heterocycles. The molecule has 0 saturated heterocycles. The van der Waals surface area contributed by atoms with Gasteiger partial charge in [0.2, 0.25) is 5.91 Å². The van der Waals surface area contributed by atoms with Gasteiger partial charge in [0.05, 0.1) is 17.6 Å². The highest BCUT2D eigenvalue weighted by atomic mass is 19.1. The molecule has 0 unspecified atom stereocenters. The predicted molar refractivity (Wildman–Crippen MR) is 140 cm³/mol. The minimum absolute atomic E-state index is 0.118. The number of benzene rings is 4. The normalized spacial score (nSPS) is 11.1. The molecule has 0 fully saturated rings. The van der Waals surface area contributed by atoms with Crippen LogP contribution in [0.4, 0.5) is 21.5 Å². The van der Waals surface area contributed by atoms with Crippen LogP contribution in [0.1, 0.15) is 5.56 Å². The molecule has 5 nitrogen and oxygen atoms in total. The number of carbonyl (C=O) groups excluding carboxylic acids is 1. The minimum atomic E-state index is -0.344. The molecule has 6 heteroatoms. The van der Waals surface area contributed by atoms with E-state index in [1.165, 1.54) is 12.1 Å². The molecule has 172 valence electrons. The van der Waals surface area contributed by atoms with Crippen LogP contribution in [-0.2, 0) is 11.3 Å².